The quantitative estimate of drug-likeness (QED) is 0.838. The van der Waals surface area contributed by atoms with Gasteiger partial charge in [0, 0.05) is 12.6 Å². The topological polar surface area (TPSA) is 21.3 Å². The molecule has 0 amide bonds. The second kappa shape index (κ2) is 7.55. The molecule has 1 aromatic rings. The zero-order valence-corrected chi connectivity index (χ0v) is 10.4. The van der Waals surface area contributed by atoms with Crippen molar-refractivity contribution in [3.05, 3.63) is 29.8 Å². The molecule has 0 saturated heterocycles. The van der Waals surface area contributed by atoms with Crippen LogP contribution in [0.1, 0.15) is 26.3 Å². The maximum atomic E-state index is 5.43. The minimum atomic E-state index is 0. The molecular formula is C12H20ClNO. The van der Waals surface area contributed by atoms with Gasteiger partial charge in [0.05, 0.1) is 6.61 Å². The molecule has 0 unspecified atom stereocenters. The molecule has 0 aliphatic carbocycles. The van der Waals surface area contributed by atoms with Gasteiger partial charge in [0.2, 0.25) is 0 Å². The SMILES string of the molecule is CCOc1cccc(CNC(C)C)c1.Cl. The Morgan fingerprint density at radius 3 is 2.67 bits per heavy atom. The van der Waals surface area contributed by atoms with Crippen LogP contribution in [0.3, 0.4) is 0 Å². The summed E-state index contributed by atoms with van der Waals surface area (Å²) in [5.41, 5.74) is 1.27. The molecule has 0 spiro atoms. The van der Waals surface area contributed by atoms with Crippen LogP contribution in [-0.4, -0.2) is 12.6 Å². The molecule has 0 heterocycles. The summed E-state index contributed by atoms with van der Waals surface area (Å²) in [4.78, 5) is 0. The average molecular weight is 230 g/mol. The predicted molar refractivity (Wildman–Crippen MR) is 66.8 cm³/mol. The summed E-state index contributed by atoms with van der Waals surface area (Å²) < 4.78 is 5.43. The molecule has 0 fully saturated rings. The Labute approximate surface area is 98.4 Å². The molecule has 0 saturated carbocycles. The highest BCUT2D eigenvalue weighted by Gasteiger charge is 1.97. The normalized spacial score (nSPS) is 9.87. The summed E-state index contributed by atoms with van der Waals surface area (Å²) >= 11 is 0. The first-order valence-electron chi connectivity index (χ1n) is 5.17. The molecule has 0 aliphatic rings. The van der Waals surface area contributed by atoms with Crippen LogP contribution in [0.25, 0.3) is 0 Å². The number of ether oxygens (including phenoxy) is 1. The van der Waals surface area contributed by atoms with E-state index in [4.69, 9.17) is 4.74 Å². The van der Waals surface area contributed by atoms with E-state index in [2.05, 4.69) is 31.3 Å². The minimum Gasteiger partial charge on any atom is -0.494 e. The fourth-order valence-corrected chi connectivity index (χ4v) is 1.23. The maximum Gasteiger partial charge on any atom is 0.119 e. The summed E-state index contributed by atoms with van der Waals surface area (Å²) in [6.45, 7) is 7.91. The van der Waals surface area contributed by atoms with Crippen molar-refractivity contribution in [2.75, 3.05) is 6.61 Å². The third-order valence-electron chi connectivity index (χ3n) is 1.92. The summed E-state index contributed by atoms with van der Waals surface area (Å²) in [6.07, 6.45) is 0. The van der Waals surface area contributed by atoms with E-state index in [1.165, 1.54) is 5.56 Å². The van der Waals surface area contributed by atoms with E-state index in [1.807, 2.05) is 19.1 Å². The Hall–Kier alpha value is -0.730. The third kappa shape index (κ3) is 5.65. The van der Waals surface area contributed by atoms with Gasteiger partial charge >= 0.3 is 0 Å². The molecule has 15 heavy (non-hydrogen) atoms. The van der Waals surface area contributed by atoms with Crippen LogP contribution in [0, 0.1) is 0 Å². The lowest BCUT2D eigenvalue weighted by Gasteiger charge is -2.09. The Morgan fingerprint density at radius 2 is 2.07 bits per heavy atom. The van der Waals surface area contributed by atoms with Gasteiger partial charge in [0.1, 0.15) is 5.75 Å². The molecule has 1 rings (SSSR count). The van der Waals surface area contributed by atoms with Crippen molar-refractivity contribution in [3.8, 4) is 5.75 Å². The molecule has 3 heteroatoms. The molecule has 1 aromatic carbocycles. The summed E-state index contributed by atoms with van der Waals surface area (Å²) in [6, 6.07) is 8.73. The van der Waals surface area contributed by atoms with Crippen molar-refractivity contribution in [2.24, 2.45) is 0 Å². The van der Waals surface area contributed by atoms with E-state index in [-0.39, 0.29) is 12.4 Å². The highest BCUT2D eigenvalue weighted by atomic mass is 35.5. The van der Waals surface area contributed by atoms with Crippen LogP contribution < -0.4 is 10.1 Å². The lowest BCUT2D eigenvalue weighted by atomic mass is 10.2. The number of halogens is 1. The van der Waals surface area contributed by atoms with Gasteiger partial charge in [-0.25, -0.2) is 0 Å². The summed E-state index contributed by atoms with van der Waals surface area (Å²) in [5, 5.41) is 3.38. The fraction of sp³-hybridized carbons (Fsp3) is 0.500. The second-order valence-electron chi connectivity index (χ2n) is 3.62. The number of hydrogen-bond acceptors (Lipinski definition) is 2. The largest absolute Gasteiger partial charge is 0.494 e. The van der Waals surface area contributed by atoms with E-state index in [1.54, 1.807) is 0 Å². The van der Waals surface area contributed by atoms with E-state index in [0.29, 0.717) is 6.04 Å². The first-order valence-corrected chi connectivity index (χ1v) is 5.17. The zero-order valence-electron chi connectivity index (χ0n) is 9.62. The van der Waals surface area contributed by atoms with Crippen LogP contribution in [0.5, 0.6) is 5.75 Å². The second-order valence-corrected chi connectivity index (χ2v) is 3.62. The van der Waals surface area contributed by atoms with Crippen LogP contribution in [0.15, 0.2) is 24.3 Å². The van der Waals surface area contributed by atoms with Crippen molar-refractivity contribution in [2.45, 2.75) is 33.4 Å². The van der Waals surface area contributed by atoms with Gasteiger partial charge in [-0.15, -0.1) is 12.4 Å². The van der Waals surface area contributed by atoms with Gasteiger partial charge in [0.25, 0.3) is 0 Å². The number of nitrogens with one attached hydrogen (secondary N) is 1. The zero-order chi connectivity index (χ0) is 10.4. The number of rotatable bonds is 5. The molecular weight excluding hydrogens is 210 g/mol. The lowest BCUT2D eigenvalue weighted by Crippen LogP contribution is -2.21. The van der Waals surface area contributed by atoms with Crippen molar-refractivity contribution in [1.82, 2.24) is 5.32 Å². The van der Waals surface area contributed by atoms with Gasteiger partial charge in [0.15, 0.2) is 0 Å². The Bertz CT molecular complexity index is 276. The molecule has 86 valence electrons. The minimum absolute atomic E-state index is 0. The Balaban J connectivity index is 0.00000196. The van der Waals surface area contributed by atoms with Crippen LogP contribution >= 0.6 is 12.4 Å². The van der Waals surface area contributed by atoms with E-state index in [9.17, 15) is 0 Å². The van der Waals surface area contributed by atoms with Gasteiger partial charge in [-0.3, -0.25) is 0 Å². The van der Waals surface area contributed by atoms with E-state index in [0.717, 1.165) is 18.9 Å². The smallest absolute Gasteiger partial charge is 0.119 e. The van der Waals surface area contributed by atoms with Gasteiger partial charge < -0.3 is 10.1 Å². The van der Waals surface area contributed by atoms with E-state index >= 15 is 0 Å². The van der Waals surface area contributed by atoms with E-state index < -0.39 is 0 Å². The highest BCUT2D eigenvalue weighted by molar-refractivity contribution is 5.85. The van der Waals surface area contributed by atoms with Crippen LogP contribution in [0.4, 0.5) is 0 Å². The van der Waals surface area contributed by atoms with Crippen LogP contribution in [0.2, 0.25) is 0 Å². The summed E-state index contributed by atoms with van der Waals surface area (Å²) in [5.74, 6) is 0.954. The Morgan fingerprint density at radius 1 is 1.33 bits per heavy atom. The molecule has 0 aromatic heterocycles. The monoisotopic (exact) mass is 229 g/mol. The lowest BCUT2D eigenvalue weighted by molar-refractivity contribution is 0.339. The molecule has 0 aliphatic heterocycles. The Kier molecular flexibility index (Phi) is 7.18. The van der Waals surface area contributed by atoms with Gasteiger partial charge in [-0.2, -0.15) is 0 Å². The highest BCUT2D eigenvalue weighted by Crippen LogP contribution is 2.12. The molecule has 0 bridgehead atoms. The van der Waals surface area contributed by atoms with Crippen molar-refractivity contribution in [1.29, 1.82) is 0 Å². The van der Waals surface area contributed by atoms with Crippen LogP contribution in [-0.2, 0) is 6.54 Å². The first kappa shape index (κ1) is 14.3. The standard InChI is InChI=1S/C12H19NO.ClH/c1-4-14-12-7-5-6-11(8-12)9-13-10(2)3;/h5-8,10,13H,4,9H2,1-3H3;1H. The van der Waals surface area contributed by atoms with Crippen molar-refractivity contribution in [3.63, 3.8) is 0 Å². The number of hydrogen-bond donors (Lipinski definition) is 1. The van der Waals surface area contributed by atoms with Crippen molar-refractivity contribution >= 4 is 12.4 Å². The van der Waals surface area contributed by atoms with Gasteiger partial charge in [-0.1, -0.05) is 26.0 Å². The molecule has 0 radical (unpaired) electrons. The molecule has 2 nitrogen and oxygen atoms in total. The maximum absolute atomic E-state index is 5.43. The third-order valence-corrected chi connectivity index (χ3v) is 1.92. The molecule has 0 atom stereocenters. The predicted octanol–water partition coefficient (Wildman–Crippen LogP) is 3.01. The van der Waals surface area contributed by atoms with Crippen molar-refractivity contribution < 1.29 is 4.74 Å². The van der Waals surface area contributed by atoms with Gasteiger partial charge in [-0.05, 0) is 24.6 Å². The molecule has 1 N–H and O–H groups in total. The average Bonchev–Trinajstić information content (AvgIpc) is 2.16. The first-order chi connectivity index (χ1) is 6.72. The fourth-order valence-electron chi connectivity index (χ4n) is 1.23. The number of benzene rings is 1. The summed E-state index contributed by atoms with van der Waals surface area (Å²) in [7, 11) is 0.